The van der Waals surface area contributed by atoms with Gasteiger partial charge in [-0.25, -0.2) is 39.1 Å². The van der Waals surface area contributed by atoms with Crippen LogP contribution < -0.4 is 62.3 Å². The quantitative estimate of drug-likeness (QED) is 0.0237. The first-order chi connectivity index (χ1) is 50.2. The molecule has 0 fully saturated rings. The number of hydrogen-bond acceptors (Lipinski definition) is 29. The molecule has 10 rings (SSSR count). The summed E-state index contributed by atoms with van der Waals surface area (Å²) in [5.41, 5.74) is 11.6. The van der Waals surface area contributed by atoms with Crippen LogP contribution in [0.5, 0.6) is 17.2 Å². The number of halogens is 3. The summed E-state index contributed by atoms with van der Waals surface area (Å²) in [6, 6.07) is 35.1. The number of hydrogen-bond donors (Lipinski definition) is 8. The normalized spacial score (nSPS) is 9.82. The van der Waals surface area contributed by atoms with Gasteiger partial charge < -0.3 is 75.9 Å². The second kappa shape index (κ2) is 47.9. The van der Waals surface area contributed by atoms with E-state index in [1.54, 1.807) is 58.0 Å². The second-order valence-corrected chi connectivity index (χ2v) is 21.5. The van der Waals surface area contributed by atoms with E-state index in [-0.39, 0.29) is 150 Å². The number of esters is 6. The van der Waals surface area contributed by atoms with Crippen LogP contribution in [0.3, 0.4) is 0 Å². The third-order valence-electron chi connectivity index (χ3n) is 12.6. The van der Waals surface area contributed by atoms with Crippen molar-refractivity contribution in [1.29, 1.82) is 0 Å². The van der Waals surface area contributed by atoms with Gasteiger partial charge in [0.1, 0.15) is 33.4 Å². The molecule has 0 radical (unpaired) electrons. The summed E-state index contributed by atoms with van der Waals surface area (Å²) >= 11 is 17.2. The number of carbonyl (C=O) groups excluding carboxylic acids is 9. The van der Waals surface area contributed by atoms with Gasteiger partial charge in [-0.15, -0.1) is 0 Å². The Morgan fingerprint density at radius 2 is 0.906 bits per heavy atom. The van der Waals surface area contributed by atoms with Crippen LogP contribution >= 0.6 is 34.8 Å². The maximum absolute atomic E-state index is 12.2. The SMILES string of the molecule is CC(C)OC(=O)c1ncccc1C(=O)Cl.COC(=O)CN.COC(=O)CNC(=O)c1cccnc1C(=O)OC(C)C.COC(=O)c1[nH]c(=O)c2cccnc2c1O.COC(=O)c1nc(Cl)c2cccnc2c1O.C[O-].NCc1ccccc1.O=C(NCc1ccccc1)c1nc(Cl)c2cccnc2c1O.[Na+]. The number of aromatic amines is 1. The fraction of sp³-hybridized carbons (Fsp3) is 0.214. The van der Waals surface area contributed by atoms with E-state index in [9.17, 15) is 63.3 Å². The van der Waals surface area contributed by atoms with E-state index in [2.05, 4.69) is 69.5 Å². The summed E-state index contributed by atoms with van der Waals surface area (Å²) in [6.45, 7) is 7.46. The van der Waals surface area contributed by atoms with E-state index in [1.165, 1.54) is 88.2 Å². The van der Waals surface area contributed by atoms with Crippen molar-refractivity contribution in [3.63, 3.8) is 0 Å². The number of H-pyrrole nitrogens is 1. The fourth-order valence-electron chi connectivity index (χ4n) is 7.85. The van der Waals surface area contributed by atoms with Crippen molar-refractivity contribution in [3.05, 3.63) is 224 Å². The molecule has 0 aliphatic carbocycles. The van der Waals surface area contributed by atoms with Crippen LogP contribution in [0.4, 0.5) is 0 Å². The van der Waals surface area contributed by atoms with Crippen molar-refractivity contribution in [1.82, 2.24) is 50.5 Å². The van der Waals surface area contributed by atoms with Crippen molar-refractivity contribution >= 4 is 120 Å². The van der Waals surface area contributed by atoms with E-state index in [0.29, 0.717) is 23.9 Å². The number of nitrogens with two attached hydrogens (primary N) is 2. The Hall–Kier alpha value is -11.2. The third-order valence-corrected chi connectivity index (χ3v) is 13.4. The molecule has 0 unspecified atom stereocenters. The Labute approximate surface area is 642 Å². The second-order valence-electron chi connectivity index (χ2n) is 20.4. The molecule has 554 valence electrons. The van der Waals surface area contributed by atoms with Gasteiger partial charge in [-0.2, -0.15) is 7.11 Å². The molecule has 106 heavy (non-hydrogen) atoms. The van der Waals surface area contributed by atoms with E-state index >= 15 is 0 Å². The molecule has 0 saturated heterocycles. The number of benzene rings is 2. The first-order valence-electron chi connectivity index (χ1n) is 30.4. The minimum atomic E-state index is -0.817. The number of fused-ring (bicyclic) bond motifs is 3. The molecule has 8 aromatic heterocycles. The molecular formula is C70H72Cl3N12NaO20. The van der Waals surface area contributed by atoms with Crippen molar-refractivity contribution < 1.29 is 122 Å². The van der Waals surface area contributed by atoms with Crippen molar-refractivity contribution in [2.75, 3.05) is 48.6 Å². The van der Waals surface area contributed by atoms with Gasteiger partial charge in [0, 0.05) is 54.8 Å². The maximum Gasteiger partial charge on any atom is 1.00 e. The van der Waals surface area contributed by atoms with Crippen LogP contribution in [0.15, 0.2) is 157 Å². The van der Waals surface area contributed by atoms with Gasteiger partial charge >= 0.3 is 65.4 Å². The summed E-state index contributed by atoms with van der Waals surface area (Å²) < 4.78 is 27.4. The van der Waals surface area contributed by atoms with Crippen molar-refractivity contribution in [3.8, 4) is 17.2 Å². The zero-order valence-corrected chi connectivity index (χ0v) is 62.9. The number of ether oxygens (including phenoxy) is 6. The molecule has 10 aromatic rings. The predicted molar refractivity (Wildman–Crippen MR) is 382 cm³/mol. The number of aromatic hydroxyl groups is 3. The fourth-order valence-corrected chi connectivity index (χ4v) is 8.47. The van der Waals surface area contributed by atoms with Crippen LogP contribution in [0, 0.1) is 0 Å². The van der Waals surface area contributed by atoms with Gasteiger partial charge in [-0.3, -0.25) is 43.7 Å². The minimum Gasteiger partial charge on any atom is -0.857 e. The minimum absolute atomic E-state index is 0. The molecule has 10 N–H and O–H groups in total. The van der Waals surface area contributed by atoms with Gasteiger partial charge in [0.15, 0.2) is 45.7 Å². The number of nitrogens with one attached hydrogen (secondary N) is 3. The summed E-state index contributed by atoms with van der Waals surface area (Å²) in [5.74, 6) is -5.97. The monoisotopic (exact) mass is 1530 g/mol. The molecule has 0 aliphatic heterocycles. The summed E-state index contributed by atoms with van der Waals surface area (Å²) in [7, 11) is 5.61. The van der Waals surface area contributed by atoms with Crippen LogP contribution in [-0.4, -0.2) is 169 Å². The average Bonchev–Trinajstić information content (AvgIpc) is 0.797. The van der Waals surface area contributed by atoms with Crippen molar-refractivity contribution in [2.45, 2.75) is 53.0 Å². The molecule has 2 amide bonds. The predicted octanol–water partition coefficient (Wildman–Crippen LogP) is 3.93. The number of nitrogens with zero attached hydrogens (tertiary/aromatic N) is 7. The molecule has 8 heterocycles. The third kappa shape index (κ3) is 28.4. The van der Waals surface area contributed by atoms with Gasteiger partial charge in [-0.05, 0) is 111 Å². The van der Waals surface area contributed by atoms with E-state index in [4.69, 9.17) is 60.9 Å². The van der Waals surface area contributed by atoms with Gasteiger partial charge in [-0.1, -0.05) is 83.9 Å². The molecule has 0 aliphatic rings. The smallest absolute Gasteiger partial charge is 0.857 e. The molecule has 0 atom stereocenters. The molecule has 2 aromatic carbocycles. The van der Waals surface area contributed by atoms with E-state index in [1.807, 2.05) is 60.7 Å². The summed E-state index contributed by atoms with van der Waals surface area (Å²) in [5, 5.41) is 43.7. The summed E-state index contributed by atoms with van der Waals surface area (Å²) in [6.07, 6.45) is 6.62. The van der Waals surface area contributed by atoms with Crippen LogP contribution in [-0.2, 0) is 51.1 Å². The number of rotatable bonds is 15. The number of carbonyl (C=O) groups is 9. The Bertz CT molecular complexity index is 4660. The Balaban J connectivity index is 0.000000429. The molecule has 0 spiro atoms. The first-order valence-corrected chi connectivity index (χ1v) is 31.5. The van der Waals surface area contributed by atoms with E-state index < -0.39 is 52.5 Å². The molecule has 36 heteroatoms. The van der Waals surface area contributed by atoms with Crippen molar-refractivity contribution in [2.24, 2.45) is 11.5 Å². The van der Waals surface area contributed by atoms with E-state index in [0.717, 1.165) is 19.8 Å². The topological polar surface area (TPSA) is 492 Å². The maximum atomic E-state index is 12.2. The zero-order chi connectivity index (χ0) is 78.3. The number of aromatic nitrogens is 8. The standard InChI is InChI=1S/C16H12ClN3O2.C13H16N2O5.C10H7ClN2O3.C10H10ClNO3.C10H8N2O4.C7H9N.C3H7NO2.CH3O.Na/c17-15-11-7-4-8-18-12(11)14(21)13(20-15)16(22)19-9-10-5-2-1-3-6-10;1-8(2)20-13(18)11-9(5-4-6-14-11)12(17)15-7-10(16)19-3;1-16-10(15)7-8(14)6-5(9(11)13-7)3-2-4-12-6;1-6(2)15-10(14)8-7(9(11)13)4-3-5-12-8;1-16-10(15)7-8(13)6-5(9(14)12-7)3-2-4-11-6;8-6-7-4-2-1-3-5-7;1-6-3(5)2-4;1-2;/h1-8,21H,9H2,(H,19,22);4-6,8H,7H2,1-3H3,(H,15,17);2-4,14H,1H3;3-6H,1-2H3;2-4,13H,1H3,(H,12,14);1-5H,6,8H2;2,4H2,1H3;1H3;/q;;;;;;;-1;+1. The van der Waals surface area contributed by atoms with Crippen LogP contribution in [0.1, 0.15) is 112 Å². The van der Waals surface area contributed by atoms with Crippen LogP contribution in [0.2, 0.25) is 10.3 Å². The molecule has 0 bridgehead atoms. The molecule has 32 nitrogen and oxygen atoms in total. The van der Waals surface area contributed by atoms with Gasteiger partial charge in [0.25, 0.3) is 22.6 Å². The first kappa shape index (κ1) is 90.9. The Morgan fingerprint density at radius 1 is 0.491 bits per heavy atom. The molecular weight excluding hydrogens is 1460 g/mol. The van der Waals surface area contributed by atoms with Gasteiger partial charge in [0.05, 0.1) is 63.7 Å². The Morgan fingerprint density at radius 3 is 1.33 bits per heavy atom. The molecule has 0 saturated carbocycles. The number of methoxy groups -OCH3 is 4. The number of pyridine rings is 8. The van der Waals surface area contributed by atoms with Gasteiger partial charge in [0.2, 0.25) is 0 Å². The zero-order valence-electron chi connectivity index (χ0n) is 58.6. The largest absolute Gasteiger partial charge is 1.00 e. The Kier molecular flexibility index (Phi) is 41.1. The summed E-state index contributed by atoms with van der Waals surface area (Å²) in [4.78, 5) is 143. The average molecular weight is 1530 g/mol. The number of amides is 2. The van der Waals surface area contributed by atoms with Crippen LogP contribution in [0.25, 0.3) is 32.7 Å².